The molecule has 2 rings (SSSR count). The molecule has 1 aromatic rings. The summed E-state index contributed by atoms with van der Waals surface area (Å²) in [5, 5.41) is 0. The summed E-state index contributed by atoms with van der Waals surface area (Å²) in [5.41, 5.74) is 2.16. The Morgan fingerprint density at radius 3 is 2.89 bits per heavy atom. The van der Waals surface area contributed by atoms with Gasteiger partial charge in [-0.05, 0) is 24.5 Å². The fourth-order valence-electron chi connectivity index (χ4n) is 2.32. The van der Waals surface area contributed by atoms with Gasteiger partial charge >= 0.3 is 5.97 Å². The largest absolute Gasteiger partial charge is 0.466 e. The Hall–Kier alpha value is -1.90. The average molecular weight is 258 g/mol. The standard InChI is InChI=1S/C16H18O3/c1-2-19-16(18)14-10-13-7-4-3-6-12(13)8-5-9-15(17)11-14/h3-8,14H,2,9-11H2,1H3/b8-5+. The molecule has 1 aliphatic rings. The van der Waals surface area contributed by atoms with Crippen LogP contribution >= 0.6 is 0 Å². The average Bonchev–Trinajstić information content (AvgIpc) is 2.47. The number of esters is 1. The van der Waals surface area contributed by atoms with E-state index in [1.54, 1.807) is 6.92 Å². The Labute approximate surface area is 113 Å². The van der Waals surface area contributed by atoms with Crippen LogP contribution in [0, 0.1) is 5.92 Å². The van der Waals surface area contributed by atoms with Gasteiger partial charge in [0, 0.05) is 12.8 Å². The van der Waals surface area contributed by atoms with Crippen LogP contribution in [0.2, 0.25) is 0 Å². The van der Waals surface area contributed by atoms with Crippen molar-refractivity contribution < 1.29 is 14.3 Å². The molecule has 19 heavy (non-hydrogen) atoms. The van der Waals surface area contributed by atoms with E-state index >= 15 is 0 Å². The minimum absolute atomic E-state index is 0.0853. The van der Waals surface area contributed by atoms with Crippen molar-refractivity contribution in [2.24, 2.45) is 5.92 Å². The number of benzene rings is 1. The molecule has 1 aliphatic carbocycles. The summed E-state index contributed by atoms with van der Waals surface area (Å²) in [4.78, 5) is 23.7. The molecule has 0 aliphatic heterocycles. The van der Waals surface area contributed by atoms with Crippen LogP contribution < -0.4 is 0 Å². The number of allylic oxidation sites excluding steroid dienone is 1. The molecule has 0 N–H and O–H groups in total. The summed E-state index contributed by atoms with van der Waals surface area (Å²) in [6, 6.07) is 7.92. The van der Waals surface area contributed by atoms with E-state index in [-0.39, 0.29) is 24.1 Å². The van der Waals surface area contributed by atoms with Gasteiger partial charge in [-0.1, -0.05) is 36.4 Å². The number of carbonyl (C=O) groups is 2. The molecule has 0 saturated heterocycles. The molecule has 1 aromatic carbocycles. The molecule has 3 nitrogen and oxygen atoms in total. The number of ketones is 1. The second-order valence-corrected chi connectivity index (χ2v) is 4.70. The molecule has 0 radical (unpaired) electrons. The number of rotatable bonds is 2. The lowest BCUT2D eigenvalue weighted by Crippen LogP contribution is -2.23. The molecule has 0 bridgehead atoms. The number of hydrogen-bond donors (Lipinski definition) is 0. The minimum atomic E-state index is -0.367. The highest BCUT2D eigenvalue weighted by atomic mass is 16.5. The van der Waals surface area contributed by atoms with Crippen LogP contribution in [0.15, 0.2) is 30.3 Å². The normalized spacial score (nSPS) is 20.7. The second kappa shape index (κ2) is 6.32. The van der Waals surface area contributed by atoms with E-state index in [1.165, 1.54) is 0 Å². The molecule has 0 spiro atoms. The van der Waals surface area contributed by atoms with E-state index < -0.39 is 0 Å². The molecule has 3 heteroatoms. The minimum Gasteiger partial charge on any atom is -0.466 e. The third kappa shape index (κ3) is 3.53. The third-order valence-electron chi connectivity index (χ3n) is 3.26. The highest BCUT2D eigenvalue weighted by Gasteiger charge is 2.24. The van der Waals surface area contributed by atoms with Crippen LogP contribution in [-0.4, -0.2) is 18.4 Å². The fraction of sp³-hybridized carbons (Fsp3) is 0.375. The summed E-state index contributed by atoms with van der Waals surface area (Å²) in [7, 11) is 0. The van der Waals surface area contributed by atoms with Gasteiger partial charge in [0.25, 0.3) is 0 Å². The fourth-order valence-corrected chi connectivity index (χ4v) is 2.32. The van der Waals surface area contributed by atoms with E-state index in [4.69, 9.17) is 4.74 Å². The Bertz CT molecular complexity index is 502. The quantitative estimate of drug-likeness (QED) is 0.766. The Balaban J connectivity index is 2.28. The number of Topliss-reactive ketones (excluding diaryl/α,β-unsaturated/α-hetero) is 1. The second-order valence-electron chi connectivity index (χ2n) is 4.70. The van der Waals surface area contributed by atoms with Crippen molar-refractivity contribution in [2.75, 3.05) is 6.61 Å². The number of hydrogen-bond acceptors (Lipinski definition) is 3. The predicted molar refractivity (Wildman–Crippen MR) is 73.5 cm³/mol. The first kappa shape index (κ1) is 13.5. The van der Waals surface area contributed by atoms with Crippen molar-refractivity contribution in [3.05, 3.63) is 41.5 Å². The lowest BCUT2D eigenvalue weighted by Gasteiger charge is -2.15. The van der Waals surface area contributed by atoms with Crippen LogP contribution in [0.4, 0.5) is 0 Å². The van der Waals surface area contributed by atoms with Gasteiger partial charge in [0.1, 0.15) is 5.78 Å². The molecule has 0 saturated carbocycles. The Morgan fingerprint density at radius 2 is 2.11 bits per heavy atom. The van der Waals surface area contributed by atoms with Gasteiger partial charge in [-0.2, -0.15) is 0 Å². The van der Waals surface area contributed by atoms with Crippen molar-refractivity contribution >= 4 is 17.8 Å². The molecule has 1 unspecified atom stereocenters. The van der Waals surface area contributed by atoms with Crippen molar-refractivity contribution in [2.45, 2.75) is 26.2 Å². The zero-order chi connectivity index (χ0) is 13.7. The van der Waals surface area contributed by atoms with E-state index in [2.05, 4.69) is 0 Å². The zero-order valence-corrected chi connectivity index (χ0v) is 11.1. The van der Waals surface area contributed by atoms with E-state index in [1.807, 2.05) is 36.4 Å². The van der Waals surface area contributed by atoms with Gasteiger partial charge < -0.3 is 4.74 Å². The maximum atomic E-state index is 11.9. The molecular weight excluding hydrogens is 240 g/mol. The SMILES string of the molecule is CCOC(=O)C1CC(=O)C/C=C/c2ccccc2C1. The molecule has 0 amide bonds. The number of fused-ring (bicyclic) bond motifs is 1. The lowest BCUT2D eigenvalue weighted by atomic mass is 9.92. The van der Waals surface area contributed by atoms with Gasteiger partial charge in [-0.25, -0.2) is 0 Å². The summed E-state index contributed by atoms with van der Waals surface area (Å²) in [6.07, 6.45) is 5.03. The summed E-state index contributed by atoms with van der Waals surface area (Å²) in [5.74, 6) is -0.553. The van der Waals surface area contributed by atoms with Crippen LogP contribution in [0.5, 0.6) is 0 Å². The summed E-state index contributed by atoms with van der Waals surface area (Å²) in [6.45, 7) is 2.13. The van der Waals surface area contributed by atoms with Crippen molar-refractivity contribution in [3.63, 3.8) is 0 Å². The summed E-state index contributed by atoms with van der Waals surface area (Å²) < 4.78 is 5.07. The van der Waals surface area contributed by atoms with Crippen LogP contribution in [0.1, 0.15) is 30.9 Å². The predicted octanol–water partition coefficient (Wildman–Crippen LogP) is 2.78. The highest BCUT2D eigenvalue weighted by Crippen LogP contribution is 2.22. The van der Waals surface area contributed by atoms with Crippen LogP contribution in [0.3, 0.4) is 0 Å². The van der Waals surface area contributed by atoms with Crippen molar-refractivity contribution in [3.8, 4) is 0 Å². The van der Waals surface area contributed by atoms with Gasteiger partial charge in [0.05, 0.1) is 12.5 Å². The van der Waals surface area contributed by atoms with Crippen LogP contribution in [-0.2, 0) is 20.7 Å². The van der Waals surface area contributed by atoms with Gasteiger partial charge in [-0.15, -0.1) is 0 Å². The van der Waals surface area contributed by atoms with Gasteiger partial charge in [-0.3, -0.25) is 9.59 Å². The third-order valence-corrected chi connectivity index (χ3v) is 3.26. The van der Waals surface area contributed by atoms with Gasteiger partial charge in [0.15, 0.2) is 0 Å². The maximum Gasteiger partial charge on any atom is 0.309 e. The number of ether oxygens (including phenoxy) is 1. The van der Waals surface area contributed by atoms with E-state index in [0.29, 0.717) is 19.4 Å². The Morgan fingerprint density at radius 1 is 1.32 bits per heavy atom. The first-order chi connectivity index (χ1) is 9.20. The van der Waals surface area contributed by atoms with E-state index in [9.17, 15) is 9.59 Å². The molecule has 100 valence electrons. The molecule has 1 atom stereocenters. The Kier molecular flexibility index (Phi) is 4.50. The monoisotopic (exact) mass is 258 g/mol. The molecule has 0 heterocycles. The summed E-state index contributed by atoms with van der Waals surface area (Å²) >= 11 is 0. The first-order valence-electron chi connectivity index (χ1n) is 6.63. The smallest absolute Gasteiger partial charge is 0.309 e. The molecule has 0 fully saturated rings. The first-order valence-corrected chi connectivity index (χ1v) is 6.63. The lowest BCUT2D eigenvalue weighted by molar-refractivity contribution is -0.149. The number of carbonyl (C=O) groups excluding carboxylic acids is 2. The maximum absolute atomic E-state index is 11.9. The van der Waals surface area contributed by atoms with Crippen molar-refractivity contribution in [1.29, 1.82) is 0 Å². The topological polar surface area (TPSA) is 43.4 Å². The highest BCUT2D eigenvalue weighted by molar-refractivity contribution is 5.86. The molecular formula is C16H18O3. The van der Waals surface area contributed by atoms with E-state index in [0.717, 1.165) is 11.1 Å². The zero-order valence-electron chi connectivity index (χ0n) is 11.1. The van der Waals surface area contributed by atoms with Gasteiger partial charge in [0.2, 0.25) is 0 Å². The van der Waals surface area contributed by atoms with Crippen LogP contribution in [0.25, 0.3) is 6.08 Å². The van der Waals surface area contributed by atoms with Crippen molar-refractivity contribution in [1.82, 2.24) is 0 Å². The molecule has 0 aromatic heterocycles.